The fraction of sp³-hybridized carbons (Fsp3) is 0.100. The predicted octanol–water partition coefficient (Wildman–Crippen LogP) is 5.31. The molecular weight excluding hydrogens is 240 g/mol. The van der Waals surface area contributed by atoms with E-state index in [0.29, 0.717) is 5.92 Å². The lowest BCUT2D eigenvalue weighted by Gasteiger charge is -2.15. The minimum atomic E-state index is 0.385. The molecule has 3 aromatic carbocycles. The standard InChI is InChI=1S/C20H16/c1-14-12-16-7-3-5-9-18(16)20(13-14)19-11-10-15-6-2-4-8-17(15)19/h2-13,19H,1H3. The van der Waals surface area contributed by atoms with Gasteiger partial charge in [-0.05, 0) is 34.4 Å². The number of hydrogen-bond donors (Lipinski definition) is 0. The van der Waals surface area contributed by atoms with Crippen molar-refractivity contribution in [3.05, 3.63) is 89.0 Å². The first-order chi connectivity index (χ1) is 9.83. The van der Waals surface area contributed by atoms with E-state index >= 15 is 0 Å². The average molecular weight is 256 g/mol. The van der Waals surface area contributed by atoms with E-state index in [2.05, 4.69) is 79.7 Å². The molecule has 1 aliphatic rings. The maximum atomic E-state index is 2.33. The van der Waals surface area contributed by atoms with Crippen molar-refractivity contribution >= 4 is 16.8 Å². The summed E-state index contributed by atoms with van der Waals surface area (Å²) >= 11 is 0. The van der Waals surface area contributed by atoms with Crippen molar-refractivity contribution < 1.29 is 0 Å². The Morgan fingerprint density at radius 1 is 0.800 bits per heavy atom. The van der Waals surface area contributed by atoms with Crippen molar-refractivity contribution in [1.82, 2.24) is 0 Å². The van der Waals surface area contributed by atoms with Gasteiger partial charge in [-0.15, -0.1) is 0 Å². The van der Waals surface area contributed by atoms with Crippen LogP contribution in [-0.2, 0) is 0 Å². The highest BCUT2D eigenvalue weighted by molar-refractivity contribution is 5.88. The normalized spacial score (nSPS) is 16.6. The maximum absolute atomic E-state index is 2.33. The van der Waals surface area contributed by atoms with Crippen molar-refractivity contribution in [1.29, 1.82) is 0 Å². The van der Waals surface area contributed by atoms with E-state index in [-0.39, 0.29) is 0 Å². The highest BCUT2D eigenvalue weighted by Crippen LogP contribution is 2.38. The molecule has 0 radical (unpaired) electrons. The van der Waals surface area contributed by atoms with Crippen LogP contribution in [0, 0.1) is 6.92 Å². The number of rotatable bonds is 1. The van der Waals surface area contributed by atoms with Gasteiger partial charge >= 0.3 is 0 Å². The third kappa shape index (κ3) is 1.69. The van der Waals surface area contributed by atoms with Crippen LogP contribution >= 0.6 is 0 Å². The quantitative estimate of drug-likeness (QED) is 0.553. The van der Waals surface area contributed by atoms with Gasteiger partial charge < -0.3 is 0 Å². The minimum Gasteiger partial charge on any atom is -0.0720 e. The second kappa shape index (κ2) is 4.35. The number of fused-ring (bicyclic) bond motifs is 2. The molecule has 0 saturated carbocycles. The first-order valence-corrected chi connectivity index (χ1v) is 7.09. The minimum absolute atomic E-state index is 0.385. The largest absolute Gasteiger partial charge is 0.0720 e. The third-order valence-electron chi connectivity index (χ3n) is 4.17. The van der Waals surface area contributed by atoms with E-state index in [0.717, 1.165) is 0 Å². The second-order valence-corrected chi connectivity index (χ2v) is 5.54. The van der Waals surface area contributed by atoms with Gasteiger partial charge in [0.25, 0.3) is 0 Å². The van der Waals surface area contributed by atoms with Crippen molar-refractivity contribution in [2.24, 2.45) is 0 Å². The zero-order chi connectivity index (χ0) is 13.5. The zero-order valence-electron chi connectivity index (χ0n) is 11.5. The molecule has 0 nitrogen and oxygen atoms in total. The summed E-state index contributed by atoms with van der Waals surface area (Å²) < 4.78 is 0. The Morgan fingerprint density at radius 2 is 1.60 bits per heavy atom. The molecule has 0 spiro atoms. The molecular formula is C20H16. The molecule has 1 aliphatic carbocycles. The Hall–Kier alpha value is -2.34. The highest BCUT2D eigenvalue weighted by atomic mass is 14.2. The monoisotopic (exact) mass is 256 g/mol. The van der Waals surface area contributed by atoms with Crippen LogP contribution in [0.25, 0.3) is 16.8 Å². The van der Waals surface area contributed by atoms with Crippen molar-refractivity contribution in [3.63, 3.8) is 0 Å². The molecule has 3 aromatic rings. The van der Waals surface area contributed by atoms with Crippen LogP contribution < -0.4 is 0 Å². The summed E-state index contributed by atoms with van der Waals surface area (Å²) in [6, 6.07) is 22.0. The molecule has 0 amide bonds. The number of benzene rings is 3. The smallest absolute Gasteiger partial charge is 0.0285 e. The molecule has 0 N–H and O–H groups in total. The number of allylic oxidation sites excluding steroid dienone is 1. The number of aryl methyl sites for hydroxylation is 1. The zero-order valence-corrected chi connectivity index (χ0v) is 11.5. The first kappa shape index (κ1) is 11.5. The van der Waals surface area contributed by atoms with E-state index in [1.807, 2.05) is 0 Å². The number of hydrogen-bond acceptors (Lipinski definition) is 0. The van der Waals surface area contributed by atoms with Gasteiger partial charge in [0.2, 0.25) is 0 Å². The van der Waals surface area contributed by atoms with Crippen LogP contribution in [0.2, 0.25) is 0 Å². The van der Waals surface area contributed by atoms with Gasteiger partial charge in [0.1, 0.15) is 0 Å². The van der Waals surface area contributed by atoms with Crippen molar-refractivity contribution in [2.45, 2.75) is 12.8 Å². The molecule has 0 saturated heterocycles. The van der Waals surface area contributed by atoms with Gasteiger partial charge in [-0.25, -0.2) is 0 Å². The van der Waals surface area contributed by atoms with E-state index < -0.39 is 0 Å². The topological polar surface area (TPSA) is 0 Å². The Morgan fingerprint density at radius 3 is 2.55 bits per heavy atom. The van der Waals surface area contributed by atoms with E-state index in [1.54, 1.807) is 0 Å². The summed E-state index contributed by atoms with van der Waals surface area (Å²) in [5.41, 5.74) is 5.52. The van der Waals surface area contributed by atoms with E-state index in [9.17, 15) is 0 Å². The molecule has 1 unspecified atom stereocenters. The first-order valence-electron chi connectivity index (χ1n) is 7.09. The summed E-state index contributed by atoms with van der Waals surface area (Å²) in [5.74, 6) is 0.385. The molecule has 0 fully saturated rings. The molecule has 4 rings (SSSR count). The fourth-order valence-electron chi connectivity index (χ4n) is 3.27. The fourth-order valence-corrected chi connectivity index (χ4v) is 3.27. The van der Waals surface area contributed by atoms with Crippen molar-refractivity contribution in [2.75, 3.05) is 0 Å². The van der Waals surface area contributed by atoms with Gasteiger partial charge in [-0.3, -0.25) is 0 Å². The van der Waals surface area contributed by atoms with Gasteiger partial charge in [0.05, 0.1) is 0 Å². The molecule has 0 heteroatoms. The van der Waals surface area contributed by atoms with Crippen LogP contribution in [0.3, 0.4) is 0 Å². The molecule has 1 atom stereocenters. The summed E-state index contributed by atoms with van der Waals surface area (Å²) in [6.45, 7) is 2.18. The molecule has 0 aromatic heterocycles. The van der Waals surface area contributed by atoms with Gasteiger partial charge in [0, 0.05) is 5.92 Å². The van der Waals surface area contributed by atoms with Gasteiger partial charge in [-0.2, -0.15) is 0 Å². The summed E-state index contributed by atoms with van der Waals surface area (Å²) in [4.78, 5) is 0. The maximum Gasteiger partial charge on any atom is 0.0285 e. The molecule has 0 aliphatic heterocycles. The van der Waals surface area contributed by atoms with E-state index in [1.165, 1.54) is 33.0 Å². The Balaban J connectivity index is 1.98. The average Bonchev–Trinajstić information content (AvgIpc) is 2.90. The highest BCUT2D eigenvalue weighted by Gasteiger charge is 2.20. The van der Waals surface area contributed by atoms with Crippen LogP contribution in [0.1, 0.15) is 28.2 Å². The lowest BCUT2D eigenvalue weighted by atomic mass is 9.88. The summed E-state index contributed by atoms with van der Waals surface area (Å²) in [7, 11) is 0. The van der Waals surface area contributed by atoms with Crippen LogP contribution in [0.5, 0.6) is 0 Å². The lowest BCUT2D eigenvalue weighted by Crippen LogP contribution is -1.97. The summed E-state index contributed by atoms with van der Waals surface area (Å²) in [6.07, 6.45) is 4.57. The van der Waals surface area contributed by atoms with E-state index in [4.69, 9.17) is 0 Å². The summed E-state index contributed by atoms with van der Waals surface area (Å²) in [5, 5.41) is 2.70. The SMILES string of the molecule is Cc1cc(C2C=Cc3ccccc32)c2ccccc2c1. The molecule has 20 heavy (non-hydrogen) atoms. The Labute approximate surface area is 119 Å². The Bertz CT molecular complexity index is 824. The lowest BCUT2D eigenvalue weighted by molar-refractivity contribution is 1.06. The van der Waals surface area contributed by atoms with Crippen molar-refractivity contribution in [3.8, 4) is 0 Å². The Kier molecular flexibility index (Phi) is 2.50. The van der Waals surface area contributed by atoms with Gasteiger partial charge in [-0.1, -0.05) is 78.4 Å². The van der Waals surface area contributed by atoms with Crippen LogP contribution in [0.4, 0.5) is 0 Å². The molecule has 96 valence electrons. The second-order valence-electron chi connectivity index (χ2n) is 5.54. The van der Waals surface area contributed by atoms with Crippen LogP contribution in [0.15, 0.2) is 66.7 Å². The third-order valence-corrected chi connectivity index (χ3v) is 4.17. The predicted molar refractivity (Wildman–Crippen MR) is 86.0 cm³/mol. The molecule has 0 bridgehead atoms. The van der Waals surface area contributed by atoms with Gasteiger partial charge in [0.15, 0.2) is 0 Å². The molecule has 0 heterocycles. The van der Waals surface area contributed by atoms with Crippen LogP contribution in [-0.4, -0.2) is 0 Å².